The predicted molar refractivity (Wildman–Crippen MR) is 156 cm³/mol. The molecule has 0 radical (unpaired) electrons. The molecule has 9 heteroatoms. The van der Waals surface area contributed by atoms with Gasteiger partial charge in [0.25, 0.3) is 11.8 Å². The van der Waals surface area contributed by atoms with Crippen LogP contribution in [0.5, 0.6) is 11.5 Å². The molecule has 0 aromatic heterocycles. The summed E-state index contributed by atoms with van der Waals surface area (Å²) in [6, 6.07) is 24.6. The molecule has 2 aliphatic heterocycles. The summed E-state index contributed by atoms with van der Waals surface area (Å²) in [5.74, 6) is 1.05. The highest BCUT2D eigenvalue weighted by atomic mass is 16.5. The summed E-state index contributed by atoms with van der Waals surface area (Å²) < 4.78 is 10.7. The summed E-state index contributed by atoms with van der Waals surface area (Å²) in [5.41, 5.74) is 1.68. The van der Waals surface area contributed by atoms with E-state index in [1.807, 2.05) is 54.6 Å². The summed E-state index contributed by atoms with van der Waals surface area (Å²) in [6.07, 6.45) is 1.58. The van der Waals surface area contributed by atoms with E-state index in [-0.39, 0.29) is 24.3 Å². The van der Waals surface area contributed by atoms with Gasteiger partial charge in [-0.1, -0.05) is 42.5 Å². The van der Waals surface area contributed by atoms with Gasteiger partial charge in [-0.2, -0.15) is 0 Å². The lowest BCUT2D eigenvalue weighted by Crippen LogP contribution is -2.57. The number of rotatable bonds is 9. The van der Waals surface area contributed by atoms with Crippen LogP contribution in [0.3, 0.4) is 0 Å². The Hall–Kier alpha value is -4.53. The first-order valence-corrected chi connectivity index (χ1v) is 13.9. The minimum Gasteiger partial charge on any atom is -0.497 e. The monoisotopic (exact) mass is 556 g/mol. The van der Waals surface area contributed by atoms with E-state index < -0.39 is 5.54 Å². The van der Waals surface area contributed by atoms with E-state index in [9.17, 15) is 14.4 Å². The van der Waals surface area contributed by atoms with E-state index in [0.29, 0.717) is 56.9 Å². The molecule has 3 aromatic carbocycles. The minimum atomic E-state index is -0.815. The number of benzene rings is 3. The molecule has 214 valence electrons. The van der Waals surface area contributed by atoms with Crippen molar-refractivity contribution in [3.05, 3.63) is 90.0 Å². The topological polar surface area (TPSA) is 91.4 Å². The second kappa shape index (κ2) is 12.3. The molecule has 2 heterocycles. The summed E-state index contributed by atoms with van der Waals surface area (Å²) in [7, 11) is 3.20. The zero-order chi connectivity index (χ0) is 28.8. The van der Waals surface area contributed by atoms with Crippen LogP contribution in [0.25, 0.3) is 0 Å². The molecule has 1 spiro atoms. The molecule has 5 rings (SSSR count). The summed E-state index contributed by atoms with van der Waals surface area (Å²) in [4.78, 5) is 45.7. The van der Waals surface area contributed by atoms with E-state index in [2.05, 4.69) is 10.2 Å². The van der Waals surface area contributed by atoms with E-state index in [0.717, 1.165) is 17.0 Å². The molecule has 3 amide bonds. The van der Waals surface area contributed by atoms with Gasteiger partial charge in [0, 0.05) is 30.9 Å². The molecule has 2 aliphatic rings. The molecule has 41 heavy (non-hydrogen) atoms. The van der Waals surface area contributed by atoms with Crippen molar-refractivity contribution in [2.75, 3.05) is 52.0 Å². The van der Waals surface area contributed by atoms with Crippen LogP contribution >= 0.6 is 0 Å². The van der Waals surface area contributed by atoms with Gasteiger partial charge < -0.3 is 29.5 Å². The van der Waals surface area contributed by atoms with E-state index in [1.165, 1.54) is 0 Å². The SMILES string of the molecule is COc1cccc(C(=O)N2CCC3(CC2)C(=O)N(CC(=O)NCCc2ccccc2OC)CN3c2ccccc2)c1. The Morgan fingerprint density at radius 1 is 0.902 bits per heavy atom. The average molecular weight is 557 g/mol. The smallest absolute Gasteiger partial charge is 0.253 e. The van der Waals surface area contributed by atoms with Crippen LogP contribution in [0.1, 0.15) is 28.8 Å². The number of piperidine rings is 1. The highest BCUT2D eigenvalue weighted by Gasteiger charge is 2.54. The van der Waals surface area contributed by atoms with E-state index in [1.54, 1.807) is 48.3 Å². The molecule has 0 bridgehead atoms. The quantitative estimate of drug-likeness (QED) is 0.435. The summed E-state index contributed by atoms with van der Waals surface area (Å²) in [6.45, 7) is 1.60. The van der Waals surface area contributed by atoms with Crippen molar-refractivity contribution in [1.82, 2.24) is 15.1 Å². The van der Waals surface area contributed by atoms with E-state index in [4.69, 9.17) is 9.47 Å². The molecule has 0 aliphatic carbocycles. The number of amides is 3. The van der Waals surface area contributed by atoms with Gasteiger partial charge in [0.2, 0.25) is 5.91 Å². The summed E-state index contributed by atoms with van der Waals surface area (Å²) in [5, 5.41) is 2.96. The number of hydrogen-bond donors (Lipinski definition) is 1. The predicted octanol–water partition coefficient (Wildman–Crippen LogP) is 3.34. The van der Waals surface area contributed by atoms with Crippen LogP contribution < -0.4 is 19.7 Å². The molecular weight excluding hydrogens is 520 g/mol. The molecule has 9 nitrogen and oxygen atoms in total. The van der Waals surface area contributed by atoms with Gasteiger partial charge in [-0.25, -0.2) is 0 Å². The van der Waals surface area contributed by atoms with Gasteiger partial charge in [-0.05, 0) is 61.2 Å². The highest BCUT2D eigenvalue weighted by Crippen LogP contribution is 2.39. The second-order valence-electron chi connectivity index (χ2n) is 10.4. The number of carbonyl (C=O) groups excluding carboxylic acids is 3. The number of likely N-dealkylation sites (tertiary alicyclic amines) is 1. The van der Waals surface area contributed by atoms with Gasteiger partial charge in [-0.15, -0.1) is 0 Å². The Morgan fingerprint density at radius 2 is 1.63 bits per heavy atom. The zero-order valence-corrected chi connectivity index (χ0v) is 23.5. The molecule has 0 unspecified atom stereocenters. The van der Waals surface area contributed by atoms with Crippen molar-refractivity contribution >= 4 is 23.4 Å². The Balaban J connectivity index is 1.26. The van der Waals surface area contributed by atoms with Crippen molar-refractivity contribution in [2.24, 2.45) is 0 Å². The average Bonchev–Trinajstić information content (AvgIpc) is 3.27. The Bertz CT molecular complexity index is 1390. The van der Waals surface area contributed by atoms with Gasteiger partial charge in [0.05, 0.1) is 20.9 Å². The van der Waals surface area contributed by atoms with Crippen LogP contribution in [-0.2, 0) is 16.0 Å². The largest absolute Gasteiger partial charge is 0.497 e. The van der Waals surface area contributed by atoms with Crippen LogP contribution in [0.4, 0.5) is 5.69 Å². The van der Waals surface area contributed by atoms with E-state index >= 15 is 0 Å². The number of nitrogens with one attached hydrogen (secondary N) is 1. The zero-order valence-electron chi connectivity index (χ0n) is 23.5. The third-order valence-electron chi connectivity index (χ3n) is 8.02. The number of para-hydroxylation sites is 2. The lowest BCUT2D eigenvalue weighted by Gasteiger charge is -2.43. The maximum absolute atomic E-state index is 14.0. The first-order chi connectivity index (χ1) is 19.9. The fourth-order valence-corrected chi connectivity index (χ4v) is 5.82. The first-order valence-electron chi connectivity index (χ1n) is 13.9. The van der Waals surface area contributed by atoms with Gasteiger partial charge in [0.15, 0.2) is 0 Å². The minimum absolute atomic E-state index is 0.0255. The molecule has 0 atom stereocenters. The summed E-state index contributed by atoms with van der Waals surface area (Å²) >= 11 is 0. The van der Waals surface area contributed by atoms with Crippen molar-refractivity contribution in [1.29, 1.82) is 0 Å². The Labute approximate surface area is 240 Å². The standard InChI is InChI=1S/C32H36N4O5/c1-40-27-13-8-10-25(21-27)30(38)34-19-16-32(17-20-34)31(39)35(23-36(32)26-11-4-3-5-12-26)22-29(37)33-18-15-24-9-6-7-14-28(24)41-2/h3-14,21H,15-20,22-23H2,1-2H3,(H,33,37). The van der Waals surface area contributed by atoms with Crippen LogP contribution in [0.15, 0.2) is 78.9 Å². The number of methoxy groups -OCH3 is 2. The van der Waals surface area contributed by atoms with Crippen molar-refractivity contribution in [3.63, 3.8) is 0 Å². The number of ether oxygens (including phenoxy) is 2. The maximum Gasteiger partial charge on any atom is 0.253 e. The molecule has 1 N–H and O–H groups in total. The third-order valence-corrected chi connectivity index (χ3v) is 8.02. The molecule has 2 saturated heterocycles. The van der Waals surface area contributed by atoms with Crippen LogP contribution in [0, 0.1) is 0 Å². The van der Waals surface area contributed by atoms with Gasteiger partial charge >= 0.3 is 0 Å². The number of carbonyl (C=O) groups is 3. The van der Waals surface area contributed by atoms with Gasteiger partial charge in [0.1, 0.15) is 23.6 Å². The van der Waals surface area contributed by atoms with Crippen LogP contribution in [0.2, 0.25) is 0 Å². The Morgan fingerprint density at radius 3 is 2.37 bits per heavy atom. The van der Waals surface area contributed by atoms with Crippen molar-refractivity contribution in [3.8, 4) is 11.5 Å². The Kier molecular flexibility index (Phi) is 8.42. The number of hydrogen-bond acceptors (Lipinski definition) is 6. The lowest BCUT2D eigenvalue weighted by molar-refractivity contribution is -0.137. The molecule has 2 fully saturated rings. The van der Waals surface area contributed by atoms with Gasteiger partial charge in [-0.3, -0.25) is 14.4 Å². The maximum atomic E-state index is 14.0. The van der Waals surface area contributed by atoms with Crippen LogP contribution in [-0.4, -0.2) is 80.1 Å². The number of anilines is 1. The molecular formula is C32H36N4O5. The van der Waals surface area contributed by atoms with Crippen molar-refractivity contribution in [2.45, 2.75) is 24.8 Å². The van der Waals surface area contributed by atoms with Crippen molar-refractivity contribution < 1.29 is 23.9 Å². The normalized spacial score (nSPS) is 16.1. The first kappa shape index (κ1) is 28.0. The molecule has 3 aromatic rings. The highest BCUT2D eigenvalue weighted by molar-refractivity contribution is 5.98. The fraction of sp³-hybridized carbons (Fsp3) is 0.344. The molecule has 0 saturated carbocycles. The number of nitrogens with zero attached hydrogens (tertiary/aromatic N) is 3. The lowest BCUT2D eigenvalue weighted by atomic mass is 9.85. The third kappa shape index (κ3) is 5.84. The second-order valence-corrected chi connectivity index (χ2v) is 10.4. The fourth-order valence-electron chi connectivity index (χ4n) is 5.82.